The summed E-state index contributed by atoms with van der Waals surface area (Å²) in [5, 5.41) is 7.56. The molecular weight excluding hydrogens is 252 g/mol. The number of hydrogen-bond acceptors (Lipinski definition) is 3. The van der Waals surface area contributed by atoms with E-state index in [0.717, 1.165) is 56.3 Å². The third-order valence-electron chi connectivity index (χ3n) is 4.13. The summed E-state index contributed by atoms with van der Waals surface area (Å²) in [6, 6.07) is 1.90. The molecular formula is C15H26N4O. The van der Waals surface area contributed by atoms with Crippen molar-refractivity contribution in [2.24, 2.45) is 5.92 Å². The minimum absolute atomic E-state index is 0.138. The molecule has 1 aliphatic rings. The number of piperidine rings is 1. The van der Waals surface area contributed by atoms with Gasteiger partial charge in [0.2, 0.25) is 0 Å². The topological polar surface area (TPSA) is 50.2 Å². The lowest BCUT2D eigenvalue weighted by atomic mass is 9.93. The van der Waals surface area contributed by atoms with Gasteiger partial charge in [-0.05, 0) is 58.7 Å². The van der Waals surface area contributed by atoms with Crippen molar-refractivity contribution in [3.8, 4) is 0 Å². The quantitative estimate of drug-likeness (QED) is 0.891. The number of nitrogens with one attached hydrogen (secondary N) is 1. The van der Waals surface area contributed by atoms with Crippen LogP contribution in [0.25, 0.3) is 0 Å². The Morgan fingerprint density at radius 2 is 2.15 bits per heavy atom. The average Bonchev–Trinajstić information content (AvgIpc) is 2.86. The van der Waals surface area contributed by atoms with Gasteiger partial charge < -0.3 is 10.2 Å². The molecule has 1 amide bonds. The van der Waals surface area contributed by atoms with Gasteiger partial charge in [-0.3, -0.25) is 9.48 Å². The zero-order valence-electron chi connectivity index (χ0n) is 12.9. The second-order valence-corrected chi connectivity index (χ2v) is 5.61. The van der Waals surface area contributed by atoms with Crippen molar-refractivity contribution >= 4 is 5.91 Å². The number of carbonyl (C=O) groups excluding carboxylic acids is 1. The maximum absolute atomic E-state index is 12.6. The van der Waals surface area contributed by atoms with Crippen molar-refractivity contribution in [1.82, 2.24) is 20.0 Å². The second kappa shape index (κ2) is 6.88. The van der Waals surface area contributed by atoms with Crippen LogP contribution in [0.5, 0.6) is 0 Å². The molecule has 1 aromatic rings. The highest BCUT2D eigenvalue weighted by molar-refractivity contribution is 5.92. The van der Waals surface area contributed by atoms with Gasteiger partial charge in [-0.25, -0.2) is 0 Å². The molecule has 0 aromatic carbocycles. The summed E-state index contributed by atoms with van der Waals surface area (Å²) < 4.78 is 1.81. The summed E-state index contributed by atoms with van der Waals surface area (Å²) >= 11 is 0. The first-order valence-electron chi connectivity index (χ1n) is 7.64. The molecule has 0 aliphatic carbocycles. The minimum atomic E-state index is 0.138. The normalized spacial score (nSPS) is 16.6. The van der Waals surface area contributed by atoms with E-state index in [2.05, 4.69) is 10.4 Å². The largest absolute Gasteiger partial charge is 0.337 e. The highest BCUT2D eigenvalue weighted by Gasteiger charge is 2.25. The van der Waals surface area contributed by atoms with Crippen molar-refractivity contribution in [1.29, 1.82) is 0 Å². The molecule has 0 atom stereocenters. The number of aromatic nitrogens is 2. The van der Waals surface area contributed by atoms with Crippen LogP contribution in [0.4, 0.5) is 0 Å². The monoisotopic (exact) mass is 278 g/mol. The van der Waals surface area contributed by atoms with E-state index in [9.17, 15) is 4.79 Å². The lowest BCUT2D eigenvalue weighted by Gasteiger charge is -2.32. The molecule has 2 heterocycles. The zero-order chi connectivity index (χ0) is 14.5. The number of carbonyl (C=O) groups is 1. The van der Waals surface area contributed by atoms with Crippen LogP contribution in [0.15, 0.2) is 6.07 Å². The molecule has 112 valence electrons. The maximum Gasteiger partial charge on any atom is 0.272 e. The molecule has 0 bridgehead atoms. The third-order valence-corrected chi connectivity index (χ3v) is 4.13. The van der Waals surface area contributed by atoms with E-state index in [0.29, 0.717) is 0 Å². The average molecular weight is 278 g/mol. The fourth-order valence-corrected chi connectivity index (χ4v) is 2.89. The van der Waals surface area contributed by atoms with E-state index in [1.165, 1.54) is 6.42 Å². The molecule has 1 saturated heterocycles. The van der Waals surface area contributed by atoms with E-state index in [4.69, 9.17) is 0 Å². The minimum Gasteiger partial charge on any atom is -0.337 e. The number of amides is 1. The lowest BCUT2D eigenvalue weighted by Crippen LogP contribution is -2.39. The van der Waals surface area contributed by atoms with E-state index in [-0.39, 0.29) is 5.91 Å². The number of likely N-dealkylation sites (tertiary alicyclic amines) is 1. The number of hydrogen-bond donors (Lipinski definition) is 1. The molecule has 1 aromatic heterocycles. The van der Waals surface area contributed by atoms with Crippen molar-refractivity contribution in [2.45, 2.75) is 39.7 Å². The zero-order valence-corrected chi connectivity index (χ0v) is 12.9. The summed E-state index contributed by atoms with van der Waals surface area (Å²) in [5.74, 6) is 0.892. The van der Waals surface area contributed by atoms with Crippen molar-refractivity contribution in [3.05, 3.63) is 17.5 Å². The van der Waals surface area contributed by atoms with Crippen LogP contribution in [0.3, 0.4) is 0 Å². The van der Waals surface area contributed by atoms with Gasteiger partial charge in [-0.15, -0.1) is 0 Å². The Hall–Kier alpha value is -1.36. The Morgan fingerprint density at radius 1 is 1.45 bits per heavy atom. The molecule has 0 saturated carbocycles. The predicted octanol–water partition coefficient (Wildman–Crippen LogP) is 1.67. The van der Waals surface area contributed by atoms with Crippen LogP contribution in [-0.4, -0.2) is 47.3 Å². The second-order valence-electron chi connectivity index (χ2n) is 5.61. The van der Waals surface area contributed by atoms with Gasteiger partial charge >= 0.3 is 0 Å². The summed E-state index contributed by atoms with van der Waals surface area (Å²) in [5.41, 5.74) is 1.65. The summed E-state index contributed by atoms with van der Waals surface area (Å²) in [6.07, 6.45) is 3.45. The molecule has 20 heavy (non-hydrogen) atoms. The predicted molar refractivity (Wildman–Crippen MR) is 79.8 cm³/mol. The van der Waals surface area contributed by atoms with E-state index >= 15 is 0 Å². The number of rotatable bonds is 5. The Labute approximate surface area is 121 Å². The Kier molecular flexibility index (Phi) is 5.17. The molecule has 5 nitrogen and oxygen atoms in total. The van der Waals surface area contributed by atoms with Crippen molar-refractivity contribution < 1.29 is 4.79 Å². The van der Waals surface area contributed by atoms with Crippen molar-refractivity contribution in [2.75, 3.05) is 26.7 Å². The van der Waals surface area contributed by atoms with Gasteiger partial charge in [0.25, 0.3) is 5.91 Å². The fourth-order valence-electron chi connectivity index (χ4n) is 2.89. The summed E-state index contributed by atoms with van der Waals surface area (Å²) in [7, 11) is 1.99. The third kappa shape index (κ3) is 3.39. The van der Waals surface area contributed by atoms with E-state index in [1.54, 1.807) is 0 Å². The van der Waals surface area contributed by atoms with Gasteiger partial charge in [-0.1, -0.05) is 0 Å². The highest BCUT2D eigenvalue weighted by Crippen LogP contribution is 2.21. The van der Waals surface area contributed by atoms with Gasteiger partial charge in [0.05, 0.1) is 5.69 Å². The Bertz CT molecular complexity index is 447. The molecule has 0 unspecified atom stereocenters. The van der Waals surface area contributed by atoms with E-state index in [1.807, 2.05) is 36.5 Å². The Balaban J connectivity index is 1.94. The van der Waals surface area contributed by atoms with E-state index < -0.39 is 0 Å². The first-order valence-corrected chi connectivity index (χ1v) is 7.64. The molecule has 1 fully saturated rings. The van der Waals surface area contributed by atoms with Crippen LogP contribution >= 0.6 is 0 Å². The molecule has 1 N–H and O–H groups in total. The van der Waals surface area contributed by atoms with Crippen LogP contribution in [-0.2, 0) is 6.54 Å². The maximum atomic E-state index is 12.6. The molecule has 1 aliphatic heterocycles. The van der Waals surface area contributed by atoms with Gasteiger partial charge in [-0.2, -0.15) is 5.10 Å². The number of nitrogens with zero attached hydrogens (tertiary/aromatic N) is 3. The van der Waals surface area contributed by atoms with Crippen LogP contribution in [0, 0.1) is 12.8 Å². The summed E-state index contributed by atoms with van der Waals surface area (Å²) in [6.45, 7) is 7.52. The Morgan fingerprint density at radius 3 is 2.75 bits per heavy atom. The summed E-state index contributed by atoms with van der Waals surface area (Å²) in [4.78, 5) is 14.6. The van der Waals surface area contributed by atoms with Gasteiger partial charge in [0.15, 0.2) is 0 Å². The first kappa shape index (κ1) is 15.0. The highest BCUT2D eigenvalue weighted by atomic mass is 16.2. The standard InChI is InChI=1S/C15H26N4O/c1-4-19-14(11-12(2)17-19)15(20)18-9-6-13(7-10-18)5-8-16-3/h11,13,16H,4-10H2,1-3H3. The fraction of sp³-hybridized carbons (Fsp3) is 0.733. The van der Waals surface area contributed by atoms with Crippen LogP contribution in [0.1, 0.15) is 42.4 Å². The van der Waals surface area contributed by atoms with Crippen LogP contribution < -0.4 is 5.32 Å². The molecule has 0 radical (unpaired) electrons. The molecule has 0 spiro atoms. The molecule has 2 rings (SSSR count). The SMILES string of the molecule is CCn1nc(C)cc1C(=O)N1CCC(CCNC)CC1. The number of aryl methyl sites for hydroxylation is 2. The first-order chi connectivity index (χ1) is 9.65. The smallest absolute Gasteiger partial charge is 0.272 e. The van der Waals surface area contributed by atoms with Gasteiger partial charge in [0, 0.05) is 19.6 Å². The van der Waals surface area contributed by atoms with Crippen LogP contribution in [0.2, 0.25) is 0 Å². The van der Waals surface area contributed by atoms with Crippen molar-refractivity contribution in [3.63, 3.8) is 0 Å². The van der Waals surface area contributed by atoms with Gasteiger partial charge in [0.1, 0.15) is 5.69 Å². The molecule has 5 heteroatoms. The lowest BCUT2D eigenvalue weighted by molar-refractivity contribution is 0.0674.